The van der Waals surface area contributed by atoms with E-state index in [4.69, 9.17) is 0 Å². The Labute approximate surface area is 104 Å². The molecule has 0 saturated heterocycles. The zero-order valence-corrected chi connectivity index (χ0v) is 12.4. The normalized spacial score (nSPS) is 8.47. The van der Waals surface area contributed by atoms with Gasteiger partial charge in [-0.3, -0.25) is 0 Å². The van der Waals surface area contributed by atoms with Crippen LogP contribution in [0.15, 0.2) is 0 Å². The van der Waals surface area contributed by atoms with Crippen LogP contribution in [-0.2, 0) is 13.0 Å². The lowest BCUT2D eigenvalue weighted by molar-refractivity contribution is 0.814. The number of rotatable bonds is 3. The van der Waals surface area contributed by atoms with Crippen LogP contribution in [0.25, 0.3) is 0 Å². The van der Waals surface area contributed by atoms with Crippen molar-refractivity contribution in [2.24, 2.45) is 0 Å². The highest BCUT2D eigenvalue weighted by Gasteiger charge is 2.04. The van der Waals surface area contributed by atoms with Gasteiger partial charge in [0.05, 0.1) is 10.7 Å². The largest absolute Gasteiger partial charge is 0.315 e. The van der Waals surface area contributed by atoms with Crippen molar-refractivity contribution in [1.82, 2.24) is 10.3 Å². The summed E-state index contributed by atoms with van der Waals surface area (Å²) in [4.78, 5) is 5.81. The van der Waals surface area contributed by atoms with Crippen molar-refractivity contribution < 1.29 is 0 Å². The molecular formula is C11H24N2S2. The molecule has 0 aliphatic heterocycles. The lowest BCUT2D eigenvalue weighted by atomic mass is 10.3. The van der Waals surface area contributed by atoms with Crippen LogP contribution < -0.4 is 5.32 Å². The molecule has 0 spiro atoms. The highest BCUT2D eigenvalue weighted by atomic mass is 32.1. The average Bonchev–Trinajstić information content (AvgIpc) is 2.65. The van der Waals surface area contributed by atoms with E-state index in [2.05, 4.69) is 36.8 Å². The molecule has 0 aromatic carbocycles. The molecular weight excluding hydrogens is 224 g/mol. The van der Waals surface area contributed by atoms with E-state index in [0.717, 1.165) is 13.0 Å². The summed E-state index contributed by atoms with van der Waals surface area (Å²) in [5.74, 6) is 0. The minimum Gasteiger partial charge on any atom is -0.315 e. The Balaban J connectivity index is 0. The highest BCUT2D eigenvalue weighted by Crippen LogP contribution is 2.17. The van der Waals surface area contributed by atoms with Crippen LogP contribution in [0.3, 0.4) is 0 Å². The van der Waals surface area contributed by atoms with Crippen molar-refractivity contribution in [3.8, 4) is 0 Å². The zero-order valence-electron chi connectivity index (χ0n) is 10.7. The lowest BCUT2D eigenvalue weighted by Crippen LogP contribution is -2.05. The Bertz CT molecular complexity index is 234. The molecule has 0 aliphatic rings. The Morgan fingerprint density at radius 1 is 1.33 bits per heavy atom. The average molecular weight is 248 g/mol. The summed E-state index contributed by atoms with van der Waals surface area (Å²) in [7, 11) is 1.97. The maximum atomic E-state index is 4.43. The quantitative estimate of drug-likeness (QED) is 0.802. The van der Waals surface area contributed by atoms with Crippen LogP contribution in [-0.4, -0.2) is 18.3 Å². The third-order valence-corrected chi connectivity index (χ3v) is 2.57. The van der Waals surface area contributed by atoms with Gasteiger partial charge in [0.1, 0.15) is 0 Å². The second-order valence-corrected chi connectivity index (χ2v) is 3.77. The number of thiol groups is 1. The number of nitrogens with one attached hydrogen (secondary N) is 1. The summed E-state index contributed by atoms with van der Waals surface area (Å²) in [5.41, 5.74) is 1.25. The molecule has 4 heteroatoms. The second kappa shape index (κ2) is 12.0. The van der Waals surface area contributed by atoms with Crippen molar-refractivity contribution in [3.63, 3.8) is 0 Å². The summed E-state index contributed by atoms with van der Waals surface area (Å²) < 4.78 is 0. The fraction of sp³-hybridized carbons (Fsp3) is 0.727. The van der Waals surface area contributed by atoms with Crippen LogP contribution in [0.5, 0.6) is 0 Å². The smallest absolute Gasteiger partial charge is 0.0900 e. The van der Waals surface area contributed by atoms with Gasteiger partial charge in [0.2, 0.25) is 0 Å². The van der Waals surface area contributed by atoms with E-state index < -0.39 is 0 Å². The number of hydrogen-bond acceptors (Lipinski definition) is 4. The molecule has 0 amide bonds. The van der Waals surface area contributed by atoms with Crippen molar-refractivity contribution in [1.29, 1.82) is 0 Å². The molecule has 0 saturated carbocycles. The summed E-state index contributed by atoms with van der Waals surface area (Å²) in [5, 5.41) is 4.32. The minimum atomic E-state index is 0.953. The molecule has 0 bridgehead atoms. The minimum absolute atomic E-state index is 0.953. The number of thiazole rings is 1. The van der Waals surface area contributed by atoms with Crippen molar-refractivity contribution >= 4 is 24.0 Å². The first-order chi connectivity index (χ1) is 7.27. The van der Waals surface area contributed by atoms with Crippen molar-refractivity contribution in [2.75, 3.05) is 13.3 Å². The van der Waals surface area contributed by atoms with Gasteiger partial charge in [0.15, 0.2) is 0 Å². The standard InChI is InChI=1S/C8H14N2S.C2H6.CH4S/c1-4-7-8(5-9-3)11-6(2)10-7;2*1-2/h9H,4-5H2,1-3H3;1-2H3;2H,1H3. The van der Waals surface area contributed by atoms with E-state index in [1.165, 1.54) is 15.6 Å². The molecule has 1 heterocycles. The number of aryl methyl sites for hydroxylation is 2. The van der Waals surface area contributed by atoms with Gasteiger partial charge in [0, 0.05) is 11.4 Å². The maximum absolute atomic E-state index is 4.43. The summed E-state index contributed by atoms with van der Waals surface area (Å²) >= 11 is 5.32. The van der Waals surface area contributed by atoms with E-state index in [1.807, 2.05) is 20.9 Å². The molecule has 1 aromatic heterocycles. The first-order valence-corrected chi connectivity index (χ1v) is 7.03. The molecule has 0 fully saturated rings. The van der Waals surface area contributed by atoms with Gasteiger partial charge in [0.25, 0.3) is 0 Å². The number of aromatic nitrogens is 1. The molecule has 90 valence electrons. The Hall–Kier alpha value is -0.0600. The lowest BCUT2D eigenvalue weighted by Gasteiger charge is -1.96. The molecule has 1 rings (SSSR count). The molecule has 15 heavy (non-hydrogen) atoms. The predicted molar refractivity (Wildman–Crippen MR) is 75.3 cm³/mol. The number of hydrogen-bond donors (Lipinski definition) is 2. The van der Waals surface area contributed by atoms with Crippen molar-refractivity contribution in [3.05, 3.63) is 15.6 Å². The number of nitrogens with zero attached hydrogens (tertiary/aromatic N) is 1. The molecule has 2 nitrogen and oxygen atoms in total. The van der Waals surface area contributed by atoms with E-state index in [9.17, 15) is 0 Å². The van der Waals surface area contributed by atoms with Crippen molar-refractivity contribution in [2.45, 2.75) is 40.7 Å². The highest BCUT2D eigenvalue weighted by molar-refractivity contribution is 7.79. The fourth-order valence-electron chi connectivity index (χ4n) is 1.09. The Morgan fingerprint density at radius 2 is 1.87 bits per heavy atom. The molecule has 0 radical (unpaired) electrons. The topological polar surface area (TPSA) is 24.9 Å². The van der Waals surface area contributed by atoms with E-state index in [0.29, 0.717) is 0 Å². The van der Waals surface area contributed by atoms with Crippen LogP contribution in [0, 0.1) is 6.92 Å². The van der Waals surface area contributed by atoms with Gasteiger partial charge in [-0.05, 0) is 26.6 Å². The van der Waals surface area contributed by atoms with E-state index in [-0.39, 0.29) is 0 Å². The van der Waals surface area contributed by atoms with Crippen LogP contribution in [0.2, 0.25) is 0 Å². The first kappa shape index (κ1) is 17.3. The SMILES string of the molecule is CC.CCc1nc(C)sc1CNC.CS. The molecule has 1 aromatic rings. The summed E-state index contributed by atoms with van der Waals surface area (Å²) in [6.45, 7) is 9.16. The van der Waals surface area contributed by atoms with Gasteiger partial charge in [-0.25, -0.2) is 4.98 Å². The third-order valence-electron chi connectivity index (χ3n) is 1.56. The van der Waals surface area contributed by atoms with Crippen LogP contribution in [0.1, 0.15) is 36.3 Å². The Kier molecular flexibility index (Phi) is 13.9. The van der Waals surface area contributed by atoms with Gasteiger partial charge in [-0.15, -0.1) is 11.3 Å². The monoisotopic (exact) mass is 248 g/mol. The van der Waals surface area contributed by atoms with Crippen LogP contribution in [0.4, 0.5) is 0 Å². The molecule has 0 unspecified atom stereocenters. The van der Waals surface area contributed by atoms with E-state index in [1.54, 1.807) is 17.6 Å². The summed E-state index contributed by atoms with van der Waals surface area (Å²) in [6, 6.07) is 0. The van der Waals surface area contributed by atoms with Gasteiger partial charge in [-0.2, -0.15) is 12.6 Å². The molecule has 1 N–H and O–H groups in total. The third kappa shape index (κ3) is 6.93. The van der Waals surface area contributed by atoms with Crippen LogP contribution >= 0.6 is 24.0 Å². The molecule has 0 aliphatic carbocycles. The maximum Gasteiger partial charge on any atom is 0.0900 e. The van der Waals surface area contributed by atoms with E-state index >= 15 is 0 Å². The van der Waals surface area contributed by atoms with Gasteiger partial charge >= 0.3 is 0 Å². The van der Waals surface area contributed by atoms with Gasteiger partial charge in [-0.1, -0.05) is 20.8 Å². The Morgan fingerprint density at radius 3 is 2.27 bits per heavy atom. The second-order valence-electron chi connectivity index (χ2n) is 2.49. The zero-order chi connectivity index (χ0) is 12.3. The first-order valence-electron chi connectivity index (χ1n) is 5.32. The summed E-state index contributed by atoms with van der Waals surface area (Å²) in [6.07, 6.45) is 2.74. The fourth-order valence-corrected chi connectivity index (χ4v) is 2.12. The predicted octanol–water partition coefficient (Wildman–Crippen LogP) is 3.31. The van der Waals surface area contributed by atoms with Gasteiger partial charge < -0.3 is 5.32 Å². The molecule has 0 atom stereocenters.